The zero-order chi connectivity index (χ0) is 32.5. The fourth-order valence-electron chi connectivity index (χ4n) is 5.22. The van der Waals surface area contributed by atoms with Crippen LogP contribution in [0.15, 0.2) is 70.1 Å². The van der Waals surface area contributed by atoms with Crippen LogP contribution in [-0.4, -0.2) is 43.9 Å². The molecule has 0 saturated heterocycles. The molecule has 1 aromatic heterocycles. The molecule has 234 valence electrons. The Balaban J connectivity index is 1.27. The van der Waals surface area contributed by atoms with Gasteiger partial charge in [0.25, 0.3) is 15.9 Å². The number of amides is 3. The van der Waals surface area contributed by atoms with Crippen molar-refractivity contribution in [3.05, 3.63) is 99.4 Å². The van der Waals surface area contributed by atoms with Gasteiger partial charge in [0.05, 0.1) is 28.4 Å². The number of hydrogen-bond acceptors (Lipinski definition) is 7. The molecule has 3 amide bonds. The second-order valence-electron chi connectivity index (χ2n) is 10.8. The van der Waals surface area contributed by atoms with E-state index in [1.54, 1.807) is 70.2 Å². The molecule has 5 rings (SSSR count). The highest BCUT2D eigenvalue weighted by Crippen LogP contribution is 2.38. The quantitative estimate of drug-likeness (QED) is 0.229. The van der Waals surface area contributed by atoms with Crippen LogP contribution in [0.4, 0.5) is 17.1 Å². The van der Waals surface area contributed by atoms with Gasteiger partial charge in [-0.1, -0.05) is 41.0 Å². The number of carbonyl (C=O) groups excluding carboxylic acids is 3. The molecule has 0 bridgehead atoms. The Morgan fingerprint density at radius 3 is 2.42 bits per heavy atom. The summed E-state index contributed by atoms with van der Waals surface area (Å²) >= 11 is 6.23. The number of nitrogens with one attached hydrogen (secondary N) is 3. The first-order chi connectivity index (χ1) is 21.4. The number of nitrogens with zero attached hydrogens (tertiary/aromatic N) is 2. The van der Waals surface area contributed by atoms with Gasteiger partial charge >= 0.3 is 0 Å². The van der Waals surface area contributed by atoms with Crippen molar-refractivity contribution in [1.82, 2.24) is 10.5 Å². The number of aryl methyl sites for hydroxylation is 4. The van der Waals surface area contributed by atoms with Gasteiger partial charge < -0.3 is 20.5 Å². The molecule has 1 atom stereocenters. The third-order valence-electron chi connectivity index (χ3n) is 7.56. The van der Waals surface area contributed by atoms with E-state index >= 15 is 0 Å². The summed E-state index contributed by atoms with van der Waals surface area (Å²) in [7, 11) is -4.27. The predicted molar refractivity (Wildman–Crippen MR) is 171 cm³/mol. The number of anilines is 3. The predicted octanol–water partition coefficient (Wildman–Crippen LogP) is 5.08. The van der Waals surface area contributed by atoms with E-state index in [2.05, 4.69) is 21.1 Å². The van der Waals surface area contributed by atoms with Crippen molar-refractivity contribution in [2.24, 2.45) is 0 Å². The van der Waals surface area contributed by atoms with Gasteiger partial charge in [-0.05, 0) is 87.2 Å². The standard InChI is InChI=1S/C32H32ClN5O6S/c1-18-16-28(19(2)15-24(18)33)45(42,43)38-26-8-6-5-7-25(26)36-31(40)27(38)17-29(39)34-14-13-22-9-11-23(12-10-22)35-32(41)30-20(3)37-44-21(30)4/h5-12,15-16,27H,13-14,17H2,1-4H3,(H,34,39)(H,35,41)(H,36,40)/t27-/m1/s1. The second kappa shape index (κ2) is 12.7. The van der Waals surface area contributed by atoms with Crippen LogP contribution in [0.5, 0.6) is 0 Å². The van der Waals surface area contributed by atoms with Crippen LogP contribution in [0.1, 0.15) is 44.9 Å². The maximum Gasteiger partial charge on any atom is 0.265 e. The molecule has 3 N–H and O–H groups in total. The number of halogens is 1. The van der Waals surface area contributed by atoms with Crippen molar-refractivity contribution in [2.75, 3.05) is 21.5 Å². The first kappa shape index (κ1) is 31.7. The number of fused-ring (bicyclic) bond motifs is 1. The maximum atomic E-state index is 14.1. The molecule has 4 aromatic rings. The van der Waals surface area contributed by atoms with E-state index in [1.165, 1.54) is 6.07 Å². The van der Waals surface area contributed by atoms with E-state index in [9.17, 15) is 22.8 Å². The Morgan fingerprint density at radius 1 is 1.02 bits per heavy atom. The Bertz CT molecular complexity index is 1890. The summed E-state index contributed by atoms with van der Waals surface area (Å²) < 4.78 is 34.3. The largest absolute Gasteiger partial charge is 0.361 e. The molecule has 2 heterocycles. The van der Waals surface area contributed by atoms with E-state index in [0.717, 1.165) is 9.87 Å². The van der Waals surface area contributed by atoms with Gasteiger partial charge in [-0.15, -0.1) is 0 Å². The lowest BCUT2D eigenvalue weighted by molar-refractivity contribution is -0.125. The van der Waals surface area contributed by atoms with Gasteiger partial charge in [0.2, 0.25) is 11.8 Å². The normalized spacial score (nSPS) is 14.5. The Labute approximate surface area is 266 Å². The molecule has 0 fully saturated rings. The molecule has 1 aliphatic rings. The number of para-hydroxylation sites is 2. The van der Waals surface area contributed by atoms with Gasteiger partial charge in [-0.3, -0.25) is 18.7 Å². The summed E-state index contributed by atoms with van der Waals surface area (Å²) in [6.45, 7) is 6.95. The number of hydrogen-bond donors (Lipinski definition) is 3. The lowest BCUT2D eigenvalue weighted by atomic mass is 10.1. The number of carbonyl (C=O) groups is 3. The second-order valence-corrected chi connectivity index (χ2v) is 13.0. The first-order valence-electron chi connectivity index (χ1n) is 14.2. The smallest absolute Gasteiger partial charge is 0.265 e. The summed E-state index contributed by atoms with van der Waals surface area (Å²) in [6.07, 6.45) is 0.0759. The van der Waals surface area contributed by atoms with Gasteiger partial charge in [-0.2, -0.15) is 0 Å². The molecule has 45 heavy (non-hydrogen) atoms. The molecule has 0 aliphatic carbocycles. The highest BCUT2D eigenvalue weighted by molar-refractivity contribution is 7.93. The third kappa shape index (κ3) is 6.57. The first-order valence-corrected chi connectivity index (χ1v) is 16.0. The van der Waals surface area contributed by atoms with E-state index in [0.29, 0.717) is 51.0 Å². The molecule has 1 aliphatic heterocycles. The van der Waals surface area contributed by atoms with Crippen molar-refractivity contribution in [1.29, 1.82) is 0 Å². The SMILES string of the molecule is Cc1cc(S(=O)(=O)N2c3ccccc3NC(=O)[C@H]2CC(=O)NCCc2ccc(NC(=O)c3c(C)noc3C)cc2)c(C)cc1Cl. The molecule has 3 aromatic carbocycles. The van der Waals surface area contributed by atoms with Gasteiger partial charge in [0, 0.05) is 17.3 Å². The average molecular weight is 650 g/mol. The lowest BCUT2D eigenvalue weighted by Crippen LogP contribution is -2.53. The molecule has 13 heteroatoms. The van der Waals surface area contributed by atoms with E-state index < -0.39 is 34.3 Å². The van der Waals surface area contributed by atoms with Crippen molar-refractivity contribution in [3.8, 4) is 0 Å². The molecular weight excluding hydrogens is 618 g/mol. The molecule has 11 nitrogen and oxygen atoms in total. The van der Waals surface area contributed by atoms with Crippen LogP contribution >= 0.6 is 11.6 Å². The number of aromatic nitrogens is 1. The summed E-state index contributed by atoms with van der Waals surface area (Å²) in [5.74, 6) is -0.978. The Kier molecular flexibility index (Phi) is 8.98. The number of rotatable bonds is 9. The van der Waals surface area contributed by atoms with Crippen LogP contribution in [-0.2, 0) is 26.0 Å². The molecule has 0 saturated carbocycles. The zero-order valence-corrected chi connectivity index (χ0v) is 26.7. The van der Waals surface area contributed by atoms with Crippen LogP contribution in [0, 0.1) is 27.7 Å². The van der Waals surface area contributed by atoms with Gasteiger partial charge in [0.1, 0.15) is 17.4 Å². The van der Waals surface area contributed by atoms with Crippen molar-refractivity contribution >= 4 is 56.4 Å². The molecule has 0 radical (unpaired) electrons. The minimum absolute atomic E-state index is 0.00523. The van der Waals surface area contributed by atoms with Gasteiger partial charge in [0.15, 0.2) is 0 Å². The van der Waals surface area contributed by atoms with Gasteiger partial charge in [-0.25, -0.2) is 8.42 Å². The Hall–Kier alpha value is -4.68. The maximum absolute atomic E-state index is 14.1. The van der Waals surface area contributed by atoms with E-state index in [1.807, 2.05) is 12.1 Å². The van der Waals surface area contributed by atoms with E-state index in [-0.39, 0.29) is 23.0 Å². The van der Waals surface area contributed by atoms with Crippen LogP contribution in [0.25, 0.3) is 0 Å². The average Bonchev–Trinajstić information content (AvgIpc) is 3.33. The summed E-state index contributed by atoms with van der Waals surface area (Å²) in [4.78, 5) is 38.9. The molecular formula is C32H32ClN5O6S. The fraction of sp³-hybridized carbons (Fsp3) is 0.250. The molecule has 0 unspecified atom stereocenters. The van der Waals surface area contributed by atoms with Crippen LogP contribution in [0.2, 0.25) is 5.02 Å². The number of benzene rings is 3. The minimum atomic E-state index is -4.27. The summed E-state index contributed by atoms with van der Waals surface area (Å²) in [6, 6.07) is 15.4. The van der Waals surface area contributed by atoms with Crippen LogP contribution in [0.3, 0.4) is 0 Å². The van der Waals surface area contributed by atoms with Crippen molar-refractivity contribution in [3.63, 3.8) is 0 Å². The Morgan fingerprint density at radius 2 is 1.73 bits per heavy atom. The number of sulfonamides is 1. The van der Waals surface area contributed by atoms with E-state index in [4.69, 9.17) is 16.1 Å². The summed E-state index contributed by atoms with van der Waals surface area (Å²) in [5.41, 5.74) is 3.97. The van der Waals surface area contributed by atoms with Crippen molar-refractivity contribution < 1.29 is 27.3 Å². The molecule has 0 spiro atoms. The van der Waals surface area contributed by atoms with Crippen molar-refractivity contribution in [2.45, 2.75) is 51.5 Å². The topological polar surface area (TPSA) is 151 Å². The lowest BCUT2D eigenvalue weighted by Gasteiger charge is -2.37. The zero-order valence-electron chi connectivity index (χ0n) is 25.1. The van der Waals surface area contributed by atoms with Crippen LogP contribution < -0.4 is 20.3 Å². The monoisotopic (exact) mass is 649 g/mol. The highest BCUT2D eigenvalue weighted by Gasteiger charge is 2.42. The highest BCUT2D eigenvalue weighted by atomic mass is 35.5. The fourth-order valence-corrected chi connectivity index (χ4v) is 7.37. The third-order valence-corrected chi connectivity index (χ3v) is 9.94. The minimum Gasteiger partial charge on any atom is -0.361 e. The summed E-state index contributed by atoms with van der Waals surface area (Å²) in [5, 5.41) is 12.6.